The van der Waals surface area contributed by atoms with Gasteiger partial charge in [-0.1, -0.05) is 0 Å². The molecule has 0 atom stereocenters. The van der Waals surface area contributed by atoms with Crippen molar-refractivity contribution in [2.75, 3.05) is 13.1 Å². The summed E-state index contributed by atoms with van der Waals surface area (Å²) in [7, 11) is 0. The number of ether oxygens (including phenoxy) is 1. The number of carbonyl (C=O) groups is 1. The average molecular weight is 252 g/mol. The zero-order valence-electron chi connectivity index (χ0n) is 11.1. The van der Waals surface area contributed by atoms with Gasteiger partial charge in [-0.3, -0.25) is 4.68 Å². The van der Waals surface area contributed by atoms with E-state index in [-0.39, 0.29) is 12.1 Å². The number of hydrogen-bond donors (Lipinski definition) is 1. The molecule has 2 rings (SSSR count). The number of aromatic nitrogens is 2. The Hall–Kier alpha value is -1.56. The number of carbonyl (C=O) groups excluding carboxylic acids is 1. The molecule has 0 aromatic carbocycles. The number of nitrogens with two attached hydrogens (primary N) is 1. The van der Waals surface area contributed by atoms with Crippen molar-refractivity contribution in [3.05, 3.63) is 18.0 Å². The van der Waals surface area contributed by atoms with Gasteiger partial charge in [-0.2, -0.15) is 5.10 Å². The summed E-state index contributed by atoms with van der Waals surface area (Å²) >= 11 is 0. The summed E-state index contributed by atoms with van der Waals surface area (Å²) in [6, 6.07) is 2.11. The van der Waals surface area contributed by atoms with Gasteiger partial charge in [0.1, 0.15) is 5.60 Å². The van der Waals surface area contributed by atoms with Crippen molar-refractivity contribution in [1.82, 2.24) is 14.7 Å². The minimum atomic E-state index is -0.448. The second-order valence-electron chi connectivity index (χ2n) is 5.51. The molecule has 6 heteroatoms. The van der Waals surface area contributed by atoms with E-state index in [9.17, 15) is 4.79 Å². The van der Waals surface area contributed by atoms with Crippen molar-refractivity contribution in [1.29, 1.82) is 0 Å². The second-order valence-corrected chi connectivity index (χ2v) is 5.51. The number of amides is 1. The third-order valence-corrected chi connectivity index (χ3v) is 2.82. The molecule has 100 valence electrons. The van der Waals surface area contributed by atoms with Crippen LogP contribution >= 0.6 is 0 Å². The predicted molar refractivity (Wildman–Crippen MR) is 67.0 cm³/mol. The first-order valence-electron chi connectivity index (χ1n) is 6.11. The molecule has 0 bridgehead atoms. The van der Waals surface area contributed by atoms with E-state index in [0.717, 1.165) is 5.69 Å². The molecule has 6 nitrogen and oxygen atoms in total. The Balaban J connectivity index is 1.89. The fraction of sp³-hybridized carbons (Fsp3) is 0.667. The molecule has 0 spiro atoms. The quantitative estimate of drug-likeness (QED) is 0.856. The smallest absolute Gasteiger partial charge is 0.410 e. The highest BCUT2D eigenvalue weighted by Crippen LogP contribution is 2.24. The first-order chi connectivity index (χ1) is 8.40. The lowest BCUT2D eigenvalue weighted by Gasteiger charge is -2.40. The van der Waals surface area contributed by atoms with Crippen LogP contribution in [0.1, 0.15) is 32.5 Å². The highest BCUT2D eigenvalue weighted by Gasteiger charge is 2.35. The number of nitrogens with zero attached hydrogens (tertiary/aromatic N) is 3. The molecule has 18 heavy (non-hydrogen) atoms. The maximum Gasteiger partial charge on any atom is 0.410 e. The topological polar surface area (TPSA) is 73.4 Å². The zero-order chi connectivity index (χ0) is 13.3. The van der Waals surface area contributed by atoms with Crippen LogP contribution in [0.2, 0.25) is 0 Å². The molecule has 2 heterocycles. The fourth-order valence-corrected chi connectivity index (χ4v) is 1.92. The summed E-state index contributed by atoms with van der Waals surface area (Å²) in [6.07, 6.45) is 1.47. The second kappa shape index (κ2) is 4.61. The van der Waals surface area contributed by atoms with Gasteiger partial charge in [-0.15, -0.1) is 0 Å². The summed E-state index contributed by atoms with van der Waals surface area (Å²) < 4.78 is 7.19. The van der Waals surface area contributed by atoms with Crippen molar-refractivity contribution < 1.29 is 9.53 Å². The molecule has 1 aliphatic heterocycles. The van der Waals surface area contributed by atoms with Crippen LogP contribution in [0.25, 0.3) is 0 Å². The molecule has 1 saturated heterocycles. The highest BCUT2D eigenvalue weighted by atomic mass is 16.6. The summed E-state index contributed by atoms with van der Waals surface area (Å²) in [5, 5.41) is 4.24. The van der Waals surface area contributed by atoms with E-state index >= 15 is 0 Å². The zero-order valence-corrected chi connectivity index (χ0v) is 11.1. The fourth-order valence-electron chi connectivity index (χ4n) is 1.92. The lowest BCUT2D eigenvalue weighted by molar-refractivity contribution is -0.000745. The normalized spacial score (nSPS) is 16.6. The van der Waals surface area contributed by atoms with E-state index in [0.29, 0.717) is 19.6 Å². The van der Waals surface area contributed by atoms with E-state index in [4.69, 9.17) is 10.5 Å². The maximum atomic E-state index is 11.8. The Labute approximate surface area is 107 Å². The van der Waals surface area contributed by atoms with E-state index in [1.807, 2.05) is 31.5 Å². The van der Waals surface area contributed by atoms with Gasteiger partial charge in [0.2, 0.25) is 0 Å². The van der Waals surface area contributed by atoms with Gasteiger partial charge in [-0.05, 0) is 26.8 Å². The van der Waals surface area contributed by atoms with Gasteiger partial charge in [0.05, 0.1) is 11.7 Å². The van der Waals surface area contributed by atoms with Crippen molar-refractivity contribution >= 4 is 6.09 Å². The van der Waals surface area contributed by atoms with Gasteiger partial charge in [0, 0.05) is 25.8 Å². The molecule has 1 aromatic heterocycles. The third kappa shape index (κ3) is 2.64. The van der Waals surface area contributed by atoms with E-state index < -0.39 is 5.60 Å². The molecule has 0 aliphatic carbocycles. The Morgan fingerprint density at radius 1 is 1.56 bits per heavy atom. The standard InChI is InChI=1S/C12H20N4O2/c1-12(2,3)18-11(17)15-7-10(8-15)16-9(6-13)4-5-14-16/h4-5,10H,6-8,13H2,1-3H3. The molecule has 0 saturated carbocycles. The van der Waals surface area contributed by atoms with E-state index in [1.165, 1.54) is 0 Å². The minimum Gasteiger partial charge on any atom is -0.444 e. The lowest BCUT2D eigenvalue weighted by atomic mass is 10.1. The molecule has 1 amide bonds. The molecule has 2 N–H and O–H groups in total. The van der Waals surface area contributed by atoms with Crippen LogP contribution in [-0.4, -0.2) is 39.5 Å². The Morgan fingerprint density at radius 3 is 2.78 bits per heavy atom. The summed E-state index contributed by atoms with van der Waals surface area (Å²) in [5.41, 5.74) is 6.16. The number of rotatable bonds is 2. The van der Waals surface area contributed by atoms with Gasteiger partial charge in [-0.25, -0.2) is 4.79 Å². The lowest BCUT2D eigenvalue weighted by Crippen LogP contribution is -2.52. The average Bonchev–Trinajstić information content (AvgIpc) is 2.60. The largest absolute Gasteiger partial charge is 0.444 e. The van der Waals surface area contributed by atoms with Crippen LogP contribution in [0.15, 0.2) is 12.3 Å². The van der Waals surface area contributed by atoms with Crippen molar-refractivity contribution in [2.45, 2.75) is 39.0 Å². The molecule has 1 aliphatic rings. The van der Waals surface area contributed by atoms with E-state index in [2.05, 4.69) is 5.10 Å². The Bertz CT molecular complexity index is 430. The predicted octanol–water partition coefficient (Wildman–Crippen LogP) is 1.13. The Morgan fingerprint density at radius 2 is 2.22 bits per heavy atom. The van der Waals surface area contributed by atoms with Crippen molar-refractivity contribution in [3.63, 3.8) is 0 Å². The molecular weight excluding hydrogens is 232 g/mol. The van der Waals surface area contributed by atoms with Crippen LogP contribution in [0.3, 0.4) is 0 Å². The van der Waals surface area contributed by atoms with E-state index in [1.54, 1.807) is 11.1 Å². The van der Waals surface area contributed by atoms with Crippen LogP contribution in [0, 0.1) is 0 Å². The van der Waals surface area contributed by atoms with Crippen LogP contribution < -0.4 is 5.73 Å². The number of likely N-dealkylation sites (tertiary alicyclic amines) is 1. The minimum absolute atomic E-state index is 0.214. The van der Waals surface area contributed by atoms with Gasteiger partial charge >= 0.3 is 6.09 Å². The SMILES string of the molecule is CC(C)(C)OC(=O)N1CC(n2nccc2CN)C1. The monoisotopic (exact) mass is 252 g/mol. The first kappa shape index (κ1) is 12.9. The maximum absolute atomic E-state index is 11.8. The molecular formula is C12H20N4O2. The van der Waals surface area contributed by atoms with Gasteiger partial charge in [0.15, 0.2) is 0 Å². The molecule has 1 aromatic rings. The van der Waals surface area contributed by atoms with Gasteiger partial charge < -0.3 is 15.4 Å². The summed E-state index contributed by atoms with van der Waals surface area (Å²) in [4.78, 5) is 13.4. The van der Waals surface area contributed by atoms with Crippen LogP contribution in [0.4, 0.5) is 4.79 Å². The van der Waals surface area contributed by atoms with Gasteiger partial charge in [0.25, 0.3) is 0 Å². The Kier molecular flexibility index (Phi) is 3.30. The number of hydrogen-bond acceptors (Lipinski definition) is 4. The molecule has 0 radical (unpaired) electrons. The molecule has 1 fully saturated rings. The first-order valence-corrected chi connectivity index (χ1v) is 6.11. The van der Waals surface area contributed by atoms with Crippen LogP contribution in [0.5, 0.6) is 0 Å². The van der Waals surface area contributed by atoms with Crippen LogP contribution in [-0.2, 0) is 11.3 Å². The summed E-state index contributed by atoms with van der Waals surface area (Å²) in [6.45, 7) is 7.31. The third-order valence-electron chi connectivity index (χ3n) is 2.82. The highest BCUT2D eigenvalue weighted by molar-refractivity contribution is 5.69. The summed E-state index contributed by atoms with van der Waals surface area (Å²) in [5.74, 6) is 0. The van der Waals surface area contributed by atoms with Crippen molar-refractivity contribution in [2.24, 2.45) is 5.73 Å². The van der Waals surface area contributed by atoms with Crippen molar-refractivity contribution in [3.8, 4) is 0 Å². The molecule has 0 unspecified atom stereocenters.